The van der Waals surface area contributed by atoms with Gasteiger partial charge in [0.25, 0.3) is 0 Å². The van der Waals surface area contributed by atoms with Crippen LogP contribution in [0.4, 0.5) is 0 Å². The summed E-state index contributed by atoms with van der Waals surface area (Å²) in [6.07, 6.45) is 3.25. The number of nitrogens with zero attached hydrogens (tertiary/aromatic N) is 1. The molecule has 0 N–H and O–H groups in total. The first-order chi connectivity index (χ1) is 9.83. The number of benzene rings is 2. The lowest BCUT2D eigenvalue weighted by atomic mass is 9.90. The van der Waals surface area contributed by atoms with Crippen molar-refractivity contribution in [2.75, 3.05) is 0 Å². The Morgan fingerprint density at radius 3 is 2.65 bits per heavy atom. The maximum atomic E-state index is 5.86. The van der Waals surface area contributed by atoms with Crippen molar-refractivity contribution in [3.05, 3.63) is 70.2 Å². The quantitative estimate of drug-likeness (QED) is 0.756. The molecule has 102 valence electrons. The molecule has 1 aliphatic rings. The lowest BCUT2D eigenvalue weighted by Gasteiger charge is -2.16. The molecule has 0 heterocycles. The molecule has 0 aliphatic heterocycles. The standard InChI is InChI=1S/C17H16ClNO/c18-15-10-8-13(9-11-15)12-20-19-17-7-3-5-14-4-1-2-6-16(14)17/h1-2,4,6,8-11H,3,5,7,12H2. The molecule has 3 heteroatoms. The van der Waals surface area contributed by atoms with E-state index < -0.39 is 0 Å². The molecule has 2 aromatic carbocycles. The zero-order valence-electron chi connectivity index (χ0n) is 11.2. The average molecular weight is 286 g/mol. The largest absolute Gasteiger partial charge is 0.391 e. The first-order valence-corrected chi connectivity index (χ1v) is 7.22. The first-order valence-electron chi connectivity index (χ1n) is 6.84. The number of halogens is 1. The summed E-state index contributed by atoms with van der Waals surface area (Å²) in [6, 6.07) is 16.1. The monoisotopic (exact) mass is 285 g/mol. The van der Waals surface area contributed by atoms with Crippen LogP contribution in [0.2, 0.25) is 5.02 Å². The summed E-state index contributed by atoms with van der Waals surface area (Å²) in [6.45, 7) is 0.475. The van der Waals surface area contributed by atoms with E-state index in [1.807, 2.05) is 24.3 Å². The fraction of sp³-hybridized carbons (Fsp3) is 0.235. The predicted molar refractivity (Wildman–Crippen MR) is 82.2 cm³/mol. The van der Waals surface area contributed by atoms with Gasteiger partial charge in [-0.1, -0.05) is 53.2 Å². The molecule has 2 aromatic rings. The van der Waals surface area contributed by atoms with Gasteiger partial charge in [-0.25, -0.2) is 0 Å². The lowest BCUT2D eigenvalue weighted by Crippen LogP contribution is -2.12. The average Bonchev–Trinajstić information content (AvgIpc) is 2.49. The van der Waals surface area contributed by atoms with Crippen LogP contribution in [0.1, 0.15) is 29.5 Å². The van der Waals surface area contributed by atoms with Gasteiger partial charge in [0.1, 0.15) is 6.61 Å². The smallest absolute Gasteiger partial charge is 0.142 e. The van der Waals surface area contributed by atoms with Gasteiger partial charge in [-0.05, 0) is 42.5 Å². The molecule has 2 nitrogen and oxygen atoms in total. The number of fused-ring (bicyclic) bond motifs is 1. The van der Waals surface area contributed by atoms with Crippen LogP contribution in [0, 0.1) is 0 Å². The predicted octanol–water partition coefficient (Wildman–Crippen LogP) is 4.60. The van der Waals surface area contributed by atoms with Gasteiger partial charge in [0, 0.05) is 10.6 Å². The van der Waals surface area contributed by atoms with Crippen LogP contribution in [-0.4, -0.2) is 5.71 Å². The van der Waals surface area contributed by atoms with E-state index in [1.165, 1.54) is 11.1 Å². The summed E-state index contributed by atoms with van der Waals surface area (Å²) in [5, 5.41) is 5.06. The van der Waals surface area contributed by atoms with Gasteiger partial charge in [-0.2, -0.15) is 0 Å². The van der Waals surface area contributed by atoms with Gasteiger partial charge in [0.15, 0.2) is 0 Å². The van der Waals surface area contributed by atoms with Crippen molar-refractivity contribution in [3.63, 3.8) is 0 Å². The summed E-state index contributed by atoms with van der Waals surface area (Å²) in [5.41, 5.74) is 4.73. The third-order valence-corrected chi connectivity index (χ3v) is 3.76. The molecule has 0 saturated heterocycles. The van der Waals surface area contributed by atoms with Crippen LogP contribution in [0.15, 0.2) is 53.7 Å². The SMILES string of the molecule is Clc1ccc(CON=C2CCCc3ccccc32)cc1. The molecule has 0 fully saturated rings. The Bertz CT molecular complexity index is 619. The van der Waals surface area contributed by atoms with E-state index in [1.54, 1.807) is 0 Å². The molecule has 0 atom stereocenters. The van der Waals surface area contributed by atoms with Gasteiger partial charge in [-0.15, -0.1) is 0 Å². The normalized spacial score (nSPS) is 15.9. The molecule has 0 bridgehead atoms. The van der Waals surface area contributed by atoms with E-state index in [0.717, 1.165) is 35.6 Å². The molecule has 20 heavy (non-hydrogen) atoms. The van der Waals surface area contributed by atoms with Crippen LogP contribution in [0.25, 0.3) is 0 Å². The van der Waals surface area contributed by atoms with Crippen LogP contribution in [0.3, 0.4) is 0 Å². The minimum absolute atomic E-state index is 0.475. The van der Waals surface area contributed by atoms with Crippen LogP contribution >= 0.6 is 11.6 Å². The summed E-state index contributed by atoms with van der Waals surface area (Å²) in [4.78, 5) is 5.50. The number of aryl methyl sites for hydroxylation is 1. The molecule has 3 rings (SSSR count). The molecule has 0 saturated carbocycles. The van der Waals surface area contributed by atoms with E-state index in [9.17, 15) is 0 Å². The summed E-state index contributed by atoms with van der Waals surface area (Å²) < 4.78 is 0. The second-order valence-electron chi connectivity index (χ2n) is 4.95. The third kappa shape index (κ3) is 3.02. The summed E-state index contributed by atoms with van der Waals surface area (Å²) >= 11 is 5.86. The van der Waals surface area contributed by atoms with Crippen molar-refractivity contribution in [1.29, 1.82) is 0 Å². The third-order valence-electron chi connectivity index (χ3n) is 3.51. The van der Waals surface area contributed by atoms with E-state index in [0.29, 0.717) is 6.61 Å². The molecule has 1 aliphatic carbocycles. The minimum Gasteiger partial charge on any atom is -0.391 e. The van der Waals surface area contributed by atoms with Crippen molar-refractivity contribution >= 4 is 17.3 Å². The second kappa shape index (κ2) is 6.10. The number of hydrogen-bond donors (Lipinski definition) is 0. The Labute approximate surface area is 124 Å². The molecule has 0 spiro atoms. The molecule has 0 aromatic heterocycles. The lowest BCUT2D eigenvalue weighted by molar-refractivity contribution is 0.130. The Hall–Kier alpha value is -1.80. The fourth-order valence-electron chi connectivity index (χ4n) is 2.46. The van der Waals surface area contributed by atoms with E-state index in [2.05, 4.69) is 29.4 Å². The van der Waals surface area contributed by atoms with Gasteiger partial charge >= 0.3 is 0 Å². The summed E-state index contributed by atoms with van der Waals surface area (Å²) in [5.74, 6) is 0. The van der Waals surface area contributed by atoms with Crippen molar-refractivity contribution in [2.45, 2.75) is 25.9 Å². The van der Waals surface area contributed by atoms with Crippen molar-refractivity contribution < 1.29 is 4.84 Å². The zero-order chi connectivity index (χ0) is 13.8. The maximum Gasteiger partial charge on any atom is 0.142 e. The summed E-state index contributed by atoms with van der Waals surface area (Å²) in [7, 11) is 0. The fourth-order valence-corrected chi connectivity index (χ4v) is 2.59. The molecular weight excluding hydrogens is 270 g/mol. The zero-order valence-corrected chi connectivity index (χ0v) is 11.9. The highest BCUT2D eigenvalue weighted by atomic mass is 35.5. The number of oxime groups is 1. The van der Waals surface area contributed by atoms with E-state index in [4.69, 9.17) is 16.4 Å². The van der Waals surface area contributed by atoms with Crippen molar-refractivity contribution in [3.8, 4) is 0 Å². The Kier molecular flexibility index (Phi) is 4.03. The highest BCUT2D eigenvalue weighted by Gasteiger charge is 2.15. The highest BCUT2D eigenvalue weighted by Crippen LogP contribution is 2.21. The van der Waals surface area contributed by atoms with Gasteiger partial charge < -0.3 is 4.84 Å². The van der Waals surface area contributed by atoms with Crippen molar-refractivity contribution in [1.82, 2.24) is 0 Å². The van der Waals surface area contributed by atoms with Crippen LogP contribution in [0.5, 0.6) is 0 Å². The molecule has 0 amide bonds. The van der Waals surface area contributed by atoms with E-state index >= 15 is 0 Å². The van der Waals surface area contributed by atoms with Gasteiger partial charge in [0.05, 0.1) is 5.71 Å². The first kappa shape index (κ1) is 13.2. The highest BCUT2D eigenvalue weighted by molar-refractivity contribution is 6.30. The molecule has 0 unspecified atom stereocenters. The molecular formula is C17H16ClNO. The second-order valence-corrected chi connectivity index (χ2v) is 5.39. The topological polar surface area (TPSA) is 21.6 Å². The maximum absolute atomic E-state index is 5.86. The minimum atomic E-state index is 0.475. The number of hydrogen-bond acceptors (Lipinski definition) is 2. The Morgan fingerprint density at radius 2 is 1.80 bits per heavy atom. The van der Waals surface area contributed by atoms with Gasteiger partial charge in [-0.3, -0.25) is 0 Å². The van der Waals surface area contributed by atoms with Crippen LogP contribution < -0.4 is 0 Å². The molecule has 0 radical (unpaired) electrons. The van der Waals surface area contributed by atoms with Crippen LogP contribution in [-0.2, 0) is 17.9 Å². The van der Waals surface area contributed by atoms with E-state index in [-0.39, 0.29) is 0 Å². The van der Waals surface area contributed by atoms with Gasteiger partial charge in [0.2, 0.25) is 0 Å². The van der Waals surface area contributed by atoms with Crippen molar-refractivity contribution in [2.24, 2.45) is 5.16 Å². The Balaban J connectivity index is 1.69. The number of rotatable bonds is 3. The Morgan fingerprint density at radius 1 is 1.00 bits per heavy atom.